The summed E-state index contributed by atoms with van der Waals surface area (Å²) in [4.78, 5) is 0. The highest BCUT2D eigenvalue weighted by Crippen LogP contribution is 2.23. The Hall–Kier alpha value is 0.490. The lowest BCUT2D eigenvalue weighted by atomic mass is 10.2. The standard InChI is InChI=1S/C11H15Br2NS/c1-8(15-2)6-14-7-9-3-4-10(12)11(13)5-9/h3-5,8,14H,6-7H2,1-2H3. The summed E-state index contributed by atoms with van der Waals surface area (Å²) in [5, 5.41) is 4.11. The van der Waals surface area contributed by atoms with Gasteiger partial charge in [0.05, 0.1) is 0 Å². The van der Waals surface area contributed by atoms with E-state index < -0.39 is 0 Å². The second-order valence-electron chi connectivity index (χ2n) is 3.43. The Kier molecular flexibility index (Phi) is 6.27. The molecule has 0 aliphatic rings. The molecule has 84 valence electrons. The Morgan fingerprint density at radius 3 is 2.67 bits per heavy atom. The Balaban J connectivity index is 2.41. The zero-order valence-electron chi connectivity index (χ0n) is 8.89. The van der Waals surface area contributed by atoms with E-state index in [9.17, 15) is 0 Å². The fraction of sp³-hybridized carbons (Fsp3) is 0.455. The zero-order chi connectivity index (χ0) is 11.3. The van der Waals surface area contributed by atoms with E-state index in [0.29, 0.717) is 5.25 Å². The highest BCUT2D eigenvalue weighted by Gasteiger charge is 2.00. The average molecular weight is 353 g/mol. The Morgan fingerprint density at radius 2 is 2.07 bits per heavy atom. The molecule has 0 aromatic heterocycles. The minimum atomic E-state index is 0.670. The molecule has 0 aliphatic carbocycles. The summed E-state index contributed by atoms with van der Waals surface area (Å²) < 4.78 is 2.21. The summed E-state index contributed by atoms with van der Waals surface area (Å²) in [6.07, 6.45) is 2.14. The Morgan fingerprint density at radius 1 is 1.33 bits per heavy atom. The molecule has 0 bridgehead atoms. The first-order chi connectivity index (χ1) is 7.13. The summed E-state index contributed by atoms with van der Waals surface area (Å²) in [7, 11) is 0. The first kappa shape index (κ1) is 13.6. The lowest BCUT2D eigenvalue weighted by Gasteiger charge is -2.10. The molecule has 0 saturated carbocycles. The van der Waals surface area contributed by atoms with Crippen LogP contribution in [0, 0.1) is 0 Å². The minimum absolute atomic E-state index is 0.670. The van der Waals surface area contributed by atoms with Crippen molar-refractivity contribution in [3.63, 3.8) is 0 Å². The average Bonchev–Trinajstić information content (AvgIpc) is 2.23. The third-order valence-corrected chi connectivity index (χ3v) is 5.00. The first-order valence-corrected chi connectivity index (χ1v) is 7.68. The van der Waals surface area contributed by atoms with E-state index in [1.807, 2.05) is 11.8 Å². The molecule has 0 saturated heterocycles. The highest BCUT2D eigenvalue weighted by molar-refractivity contribution is 9.13. The molecule has 1 rings (SSSR count). The van der Waals surface area contributed by atoms with Crippen molar-refractivity contribution in [2.45, 2.75) is 18.7 Å². The molecule has 0 fully saturated rings. The van der Waals surface area contributed by atoms with Gasteiger partial charge in [0.15, 0.2) is 0 Å². The normalized spacial score (nSPS) is 12.8. The van der Waals surface area contributed by atoms with E-state index >= 15 is 0 Å². The molecular weight excluding hydrogens is 338 g/mol. The summed E-state index contributed by atoms with van der Waals surface area (Å²) in [6, 6.07) is 6.34. The van der Waals surface area contributed by atoms with Crippen LogP contribution >= 0.6 is 43.6 Å². The number of benzene rings is 1. The maximum absolute atomic E-state index is 3.50. The molecule has 1 aromatic rings. The van der Waals surface area contributed by atoms with Gasteiger partial charge in [-0.1, -0.05) is 13.0 Å². The monoisotopic (exact) mass is 351 g/mol. The van der Waals surface area contributed by atoms with E-state index in [1.54, 1.807) is 0 Å². The lowest BCUT2D eigenvalue weighted by Crippen LogP contribution is -2.21. The van der Waals surface area contributed by atoms with E-state index in [0.717, 1.165) is 22.0 Å². The summed E-state index contributed by atoms with van der Waals surface area (Å²) in [6.45, 7) is 4.21. The van der Waals surface area contributed by atoms with Crippen LogP contribution in [-0.2, 0) is 6.54 Å². The molecule has 0 heterocycles. The fourth-order valence-electron chi connectivity index (χ4n) is 1.15. The van der Waals surface area contributed by atoms with E-state index in [-0.39, 0.29) is 0 Å². The van der Waals surface area contributed by atoms with Crippen LogP contribution in [0.15, 0.2) is 27.1 Å². The van der Waals surface area contributed by atoms with Gasteiger partial charge in [0.2, 0.25) is 0 Å². The molecule has 1 unspecified atom stereocenters. The van der Waals surface area contributed by atoms with E-state index in [2.05, 4.69) is 68.6 Å². The molecular formula is C11H15Br2NS. The summed E-state index contributed by atoms with van der Waals surface area (Å²) in [5.74, 6) is 0. The predicted octanol–water partition coefficient (Wildman–Crippen LogP) is 4.05. The predicted molar refractivity (Wildman–Crippen MR) is 76.5 cm³/mol. The molecule has 1 aromatic carbocycles. The van der Waals surface area contributed by atoms with Gasteiger partial charge in [-0.15, -0.1) is 0 Å². The van der Waals surface area contributed by atoms with Crippen LogP contribution in [0.3, 0.4) is 0 Å². The highest BCUT2D eigenvalue weighted by atomic mass is 79.9. The molecule has 0 radical (unpaired) electrons. The van der Waals surface area contributed by atoms with Gasteiger partial charge in [-0.05, 0) is 55.8 Å². The topological polar surface area (TPSA) is 12.0 Å². The first-order valence-electron chi connectivity index (χ1n) is 4.81. The van der Waals surface area contributed by atoms with Crippen molar-refractivity contribution in [2.75, 3.05) is 12.8 Å². The number of halogens is 2. The van der Waals surface area contributed by atoms with Gasteiger partial charge in [0, 0.05) is 27.3 Å². The van der Waals surface area contributed by atoms with Crippen LogP contribution < -0.4 is 5.32 Å². The third kappa shape index (κ3) is 4.89. The van der Waals surface area contributed by atoms with Crippen molar-refractivity contribution in [1.29, 1.82) is 0 Å². The van der Waals surface area contributed by atoms with Gasteiger partial charge in [-0.25, -0.2) is 0 Å². The van der Waals surface area contributed by atoms with Gasteiger partial charge >= 0.3 is 0 Å². The lowest BCUT2D eigenvalue weighted by molar-refractivity contribution is 0.684. The van der Waals surface area contributed by atoms with Gasteiger partial charge in [0.1, 0.15) is 0 Å². The van der Waals surface area contributed by atoms with Crippen LogP contribution in [0.25, 0.3) is 0 Å². The quantitative estimate of drug-likeness (QED) is 0.857. The molecule has 0 spiro atoms. The molecule has 1 atom stereocenters. The van der Waals surface area contributed by atoms with Gasteiger partial charge in [-0.2, -0.15) is 11.8 Å². The maximum atomic E-state index is 3.50. The SMILES string of the molecule is CSC(C)CNCc1ccc(Br)c(Br)c1. The Bertz CT molecular complexity index is 317. The Labute approximate surface area is 113 Å². The number of nitrogens with one attached hydrogen (secondary N) is 1. The summed E-state index contributed by atoms with van der Waals surface area (Å²) in [5.41, 5.74) is 1.30. The van der Waals surface area contributed by atoms with Crippen molar-refractivity contribution >= 4 is 43.6 Å². The molecule has 15 heavy (non-hydrogen) atoms. The second-order valence-corrected chi connectivity index (χ2v) is 6.41. The van der Waals surface area contributed by atoms with E-state index in [1.165, 1.54) is 5.56 Å². The van der Waals surface area contributed by atoms with Crippen LogP contribution in [0.4, 0.5) is 0 Å². The maximum Gasteiger partial charge on any atom is 0.0320 e. The van der Waals surface area contributed by atoms with Gasteiger partial charge < -0.3 is 5.32 Å². The fourth-order valence-corrected chi connectivity index (χ4v) is 2.11. The molecule has 0 amide bonds. The van der Waals surface area contributed by atoms with E-state index in [4.69, 9.17) is 0 Å². The van der Waals surface area contributed by atoms with Crippen molar-refractivity contribution < 1.29 is 0 Å². The molecule has 0 aliphatic heterocycles. The molecule has 4 heteroatoms. The zero-order valence-corrected chi connectivity index (χ0v) is 12.9. The molecule has 1 N–H and O–H groups in total. The second kappa shape index (κ2) is 6.94. The van der Waals surface area contributed by atoms with Crippen molar-refractivity contribution in [3.05, 3.63) is 32.7 Å². The van der Waals surface area contributed by atoms with Crippen molar-refractivity contribution in [2.24, 2.45) is 0 Å². The number of hydrogen-bond donors (Lipinski definition) is 1. The third-order valence-electron chi connectivity index (χ3n) is 2.15. The van der Waals surface area contributed by atoms with Gasteiger partial charge in [0.25, 0.3) is 0 Å². The van der Waals surface area contributed by atoms with Crippen molar-refractivity contribution in [1.82, 2.24) is 5.32 Å². The van der Waals surface area contributed by atoms with Crippen molar-refractivity contribution in [3.8, 4) is 0 Å². The number of hydrogen-bond acceptors (Lipinski definition) is 2. The molecule has 1 nitrogen and oxygen atoms in total. The number of rotatable bonds is 5. The van der Waals surface area contributed by atoms with Crippen LogP contribution in [0.2, 0.25) is 0 Å². The van der Waals surface area contributed by atoms with Crippen LogP contribution in [0.1, 0.15) is 12.5 Å². The number of thioether (sulfide) groups is 1. The minimum Gasteiger partial charge on any atom is -0.312 e. The van der Waals surface area contributed by atoms with Gasteiger partial charge in [-0.3, -0.25) is 0 Å². The largest absolute Gasteiger partial charge is 0.312 e. The smallest absolute Gasteiger partial charge is 0.0320 e. The van der Waals surface area contributed by atoms with Crippen LogP contribution in [-0.4, -0.2) is 18.1 Å². The van der Waals surface area contributed by atoms with Crippen LogP contribution in [0.5, 0.6) is 0 Å². The summed E-state index contributed by atoms with van der Waals surface area (Å²) >= 11 is 8.85.